The Hall–Kier alpha value is -1.94. The first-order valence-electron chi connectivity index (χ1n) is 6.56. The normalized spacial score (nSPS) is 11.6. The Balaban J connectivity index is 2.31. The molecule has 0 saturated heterocycles. The molecule has 0 aliphatic rings. The lowest BCUT2D eigenvalue weighted by molar-refractivity contribution is -0.114. The largest absolute Gasteiger partial charge is 0.292 e. The van der Waals surface area contributed by atoms with Crippen molar-refractivity contribution in [3.05, 3.63) is 47.5 Å². The topological polar surface area (TPSA) is 47.8 Å². The Morgan fingerprint density at radius 2 is 2.10 bits per heavy atom. The van der Waals surface area contributed by atoms with Crippen LogP contribution in [0.5, 0.6) is 0 Å². The van der Waals surface area contributed by atoms with Crippen molar-refractivity contribution in [2.24, 2.45) is 0 Å². The van der Waals surface area contributed by atoms with E-state index in [9.17, 15) is 4.79 Å². The van der Waals surface area contributed by atoms with Crippen molar-refractivity contribution in [2.45, 2.75) is 26.2 Å². The summed E-state index contributed by atoms with van der Waals surface area (Å²) < 4.78 is 1.51. The molecule has 104 valence electrons. The van der Waals surface area contributed by atoms with Gasteiger partial charge in [-0.05, 0) is 30.2 Å². The molecule has 1 heterocycles. The van der Waals surface area contributed by atoms with Gasteiger partial charge in [0.2, 0.25) is 0 Å². The van der Waals surface area contributed by atoms with Gasteiger partial charge in [0.1, 0.15) is 18.4 Å². The average Bonchev–Trinajstić information content (AvgIpc) is 2.98. The zero-order valence-electron chi connectivity index (χ0n) is 11.3. The lowest BCUT2D eigenvalue weighted by Gasteiger charge is -2.06. The number of allylic oxidation sites excluding steroid dienone is 1. The molecule has 0 amide bonds. The van der Waals surface area contributed by atoms with Gasteiger partial charge < -0.3 is 0 Å². The van der Waals surface area contributed by atoms with Gasteiger partial charge in [0.05, 0.1) is 0 Å². The number of halogens is 1. The van der Waals surface area contributed by atoms with Gasteiger partial charge in [-0.25, -0.2) is 9.67 Å². The highest BCUT2D eigenvalue weighted by atomic mass is 35.5. The third-order valence-corrected chi connectivity index (χ3v) is 3.13. The lowest BCUT2D eigenvalue weighted by Crippen LogP contribution is -2.09. The monoisotopic (exact) mass is 289 g/mol. The number of aromatic nitrogens is 3. The summed E-state index contributed by atoms with van der Waals surface area (Å²) in [6.07, 6.45) is 7.12. The maximum absolute atomic E-state index is 12.3. The highest BCUT2D eigenvalue weighted by Crippen LogP contribution is 2.16. The summed E-state index contributed by atoms with van der Waals surface area (Å²) in [7, 11) is 0. The number of nitrogens with zero attached hydrogens (tertiary/aromatic N) is 3. The van der Waals surface area contributed by atoms with E-state index in [2.05, 4.69) is 17.0 Å². The smallest absolute Gasteiger partial charge is 0.181 e. The Labute approximate surface area is 123 Å². The predicted molar refractivity (Wildman–Crippen MR) is 80.2 cm³/mol. The fraction of sp³-hybridized carbons (Fsp3) is 0.267. The van der Waals surface area contributed by atoms with E-state index in [4.69, 9.17) is 11.6 Å². The second kappa shape index (κ2) is 7.01. The van der Waals surface area contributed by atoms with Crippen LogP contribution in [0.25, 0.3) is 11.8 Å². The molecule has 0 saturated carbocycles. The van der Waals surface area contributed by atoms with Gasteiger partial charge in [-0.1, -0.05) is 37.1 Å². The second-order valence-corrected chi connectivity index (χ2v) is 4.88. The maximum Gasteiger partial charge on any atom is 0.181 e. The molecule has 0 bridgehead atoms. The maximum atomic E-state index is 12.3. The molecule has 2 aromatic rings. The van der Waals surface area contributed by atoms with Crippen LogP contribution in [0.3, 0.4) is 0 Å². The van der Waals surface area contributed by atoms with E-state index in [1.165, 1.54) is 17.3 Å². The molecular weight excluding hydrogens is 274 g/mol. The van der Waals surface area contributed by atoms with Crippen molar-refractivity contribution < 1.29 is 4.79 Å². The molecule has 0 radical (unpaired) electrons. The Kier molecular flexibility index (Phi) is 5.07. The number of carbonyl (C=O) groups is 1. The van der Waals surface area contributed by atoms with Gasteiger partial charge in [0.25, 0.3) is 0 Å². The van der Waals surface area contributed by atoms with Crippen LogP contribution < -0.4 is 0 Å². The van der Waals surface area contributed by atoms with Crippen LogP contribution in [0.1, 0.15) is 31.7 Å². The highest BCUT2D eigenvalue weighted by Gasteiger charge is 2.12. The fourth-order valence-electron chi connectivity index (χ4n) is 1.79. The summed E-state index contributed by atoms with van der Waals surface area (Å²) >= 11 is 5.86. The van der Waals surface area contributed by atoms with E-state index in [0.29, 0.717) is 17.1 Å². The molecular formula is C15H16ClN3O. The van der Waals surface area contributed by atoms with Gasteiger partial charge in [-0.2, -0.15) is 5.10 Å². The molecule has 0 N–H and O–H groups in total. The van der Waals surface area contributed by atoms with Crippen molar-refractivity contribution in [3.63, 3.8) is 0 Å². The SMILES string of the molecule is CCCCC(=O)/C(=C/c1ccc(Cl)cc1)n1cncn1. The highest BCUT2D eigenvalue weighted by molar-refractivity contribution is 6.30. The molecule has 0 aliphatic carbocycles. The van der Waals surface area contributed by atoms with Crippen molar-refractivity contribution in [1.29, 1.82) is 0 Å². The first-order chi connectivity index (χ1) is 9.70. The molecule has 0 spiro atoms. The summed E-state index contributed by atoms with van der Waals surface area (Å²) in [6.45, 7) is 2.06. The van der Waals surface area contributed by atoms with Crippen LogP contribution in [-0.2, 0) is 4.79 Å². The van der Waals surface area contributed by atoms with Crippen molar-refractivity contribution in [2.75, 3.05) is 0 Å². The van der Waals surface area contributed by atoms with E-state index in [1.54, 1.807) is 12.1 Å². The Morgan fingerprint density at radius 1 is 1.35 bits per heavy atom. The number of hydrogen-bond donors (Lipinski definition) is 0. The van der Waals surface area contributed by atoms with E-state index in [0.717, 1.165) is 18.4 Å². The second-order valence-electron chi connectivity index (χ2n) is 4.45. The molecule has 2 rings (SSSR count). The number of rotatable bonds is 6. The number of hydrogen-bond acceptors (Lipinski definition) is 3. The van der Waals surface area contributed by atoms with Gasteiger partial charge in [-0.3, -0.25) is 4.79 Å². The number of benzene rings is 1. The summed E-state index contributed by atoms with van der Waals surface area (Å²) in [5.41, 5.74) is 1.43. The first-order valence-corrected chi connectivity index (χ1v) is 6.94. The molecule has 1 aromatic carbocycles. The number of Topliss-reactive ketones (excluding diaryl/α,β-unsaturated/α-hetero) is 1. The molecule has 0 atom stereocenters. The predicted octanol–water partition coefficient (Wildman–Crippen LogP) is 3.69. The van der Waals surface area contributed by atoms with Crippen LogP contribution in [0.4, 0.5) is 0 Å². The molecule has 0 aliphatic heterocycles. The minimum atomic E-state index is 0.0623. The minimum Gasteiger partial charge on any atom is -0.292 e. The molecule has 0 unspecified atom stereocenters. The summed E-state index contributed by atoms with van der Waals surface area (Å²) in [6, 6.07) is 7.32. The summed E-state index contributed by atoms with van der Waals surface area (Å²) in [5, 5.41) is 4.72. The number of ketones is 1. The van der Waals surface area contributed by atoms with Crippen molar-refractivity contribution >= 4 is 29.2 Å². The molecule has 1 aromatic heterocycles. The van der Waals surface area contributed by atoms with Gasteiger partial charge in [0, 0.05) is 11.4 Å². The van der Waals surface area contributed by atoms with Crippen LogP contribution in [-0.4, -0.2) is 20.5 Å². The van der Waals surface area contributed by atoms with E-state index >= 15 is 0 Å². The van der Waals surface area contributed by atoms with Gasteiger partial charge in [0.15, 0.2) is 5.78 Å². The average molecular weight is 290 g/mol. The zero-order chi connectivity index (χ0) is 14.4. The van der Waals surface area contributed by atoms with E-state index in [-0.39, 0.29) is 5.78 Å². The first kappa shape index (κ1) is 14.5. The molecule has 0 fully saturated rings. The lowest BCUT2D eigenvalue weighted by atomic mass is 10.1. The Morgan fingerprint density at radius 3 is 2.70 bits per heavy atom. The molecule has 4 nitrogen and oxygen atoms in total. The standard InChI is InChI=1S/C15H16ClN3O/c1-2-3-4-15(20)14(19-11-17-10-18-19)9-12-5-7-13(16)8-6-12/h5-11H,2-4H2,1H3/b14-9-. The van der Waals surface area contributed by atoms with Crippen LogP contribution in [0.15, 0.2) is 36.9 Å². The third-order valence-electron chi connectivity index (χ3n) is 2.88. The van der Waals surface area contributed by atoms with Crippen molar-refractivity contribution in [1.82, 2.24) is 14.8 Å². The summed E-state index contributed by atoms with van der Waals surface area (Å²) in [4.78, 5) is 16.2. The molecule has 5 heteroatoms. The fourth-order valence-corrected chi connectivity index (χ4v) is 1.92. The minimum absolute atomic E-state index is 0.0623. The molecule has 20 heavy (non-hydrogen) atoms. The third kappa shape index (κ3) is 3.78. The summed E-state index contributed by atoms with van der Waals surface area (Å²) in [5.74, 6) is 0.0623. The van der Waals surface area contributed by atoms with Crippen molar-refractivity contribution in [3.8, 4) is 0 Å². The van der Waals surface area contributed by atoms with Crippen LogP contribution >= 0.6 is 11.6 Å². The number of unbranched alkanes of at least 4 members (excludes halogenated alkanes) is 1. The zero-order valence-corrected chi connectivity index (χ0v) is 12.0. The van der Waals surface area contributed by atoms with E-state index < -0.39 is 0 Å². The van der Waals surface area contributed by atoms with Gasteiger partial charge >= 0.3 is 0 Å². The van der Waals surface area contributed by atoms with Crippen LogP contribution in [0, 0.1) is 0 Å². The van der Waals surface area contributed by atoms with E-state index in [1.807, 2.05) is 18.2 Å². The Bertz CT molecular complexity index is 588. The quantitative estimate of drug-likeness (QED) is 0.762. The number of carbonyl (C=O) groups excluding carboxylic acids is 1. The van der Waals surface area contributed by atoms with Gasteiger partial charge in [-0.15, -0.1) is 0 Å². The van der Waals surface area contributed by atoms with Crippen LogP contribution in [0.2, 0.25) is 5.02 Å².